The van der Waals surface area contributed by atoms with E-state index in [1.165, 1.54) is 28.3 Å². The van der Waals surface area contributed by atoms with E-state index in [9.17, 15) is 13.2 Å². The van der Waals surface area contributed by atoms with Gasteiger partial charge >= 0.3 is 0 Å². The molecular formula is C19H19ClN2O4S. The number of carbonyl (C=O) groups is 1. The summed E-state index contributed by atoms with van der Waals surface area (Å²) in [5.41, 5.74) is 2.18. The van der Waals surface area contributed by atoms with E-state index in [1.807, 2.05) is 24.3 Å². The van der Waals surface area contributed by atoms with Gasteiger partial charge < -0.3 is 9.64 Å². The molecule has 0 radical (unpaired) electrons. The van der Waals surface area contributed by atoms with Crippen LogP contribution in [0.4, 0.5) is 11.4 Å². The molecule has 0 aromatic heterocycles. The van der Waals surface area contributed by atoms with Gasteiger partial charge in [-0.05, 0) is 30.5 Å². The van der Waals surface area contributed by atoms with E-state index in [2.05, 4.69) is 0 Å². The number of halogens is 1. The molecule has 2 aromatic rings. The molecule has 142 valence electrons. The maximum absolute atomic E-state index is 13.4. The quantitative estimate of drug-likeness (QED) is 0.768. The molecule has 0 unspecified atom stereocenters. The molecular weight excluding hydrogens is 388 g/mol. The molecule has 0 saturated heterocycles. The van der Waals surface area contributed by atoms with Crippen molar-refractivity contribution in [3.63, 3.8) is 0 Å². The standard InChI is InChI=1S/C19H19ClN2O4S/c1-13(23)21-9-10-26-18-12-19(15(20)11-17(18)21)27(24,25)22-8-4-6-14-5-2-3-7-16(14)22/h2-3,5,7,11-12H,4,6,8-10H2,1H3. The highest BCUT2D eigenvalue weighted by Gasteiger charge is 2.33. The Morgan fingerprint density at radius 1 is 1.15 bits per heavy atom. The highest BCUT2D eigenvalue weighted by Crippen LogP contribution is 2.41. The van der Waals surface area contributed by atoms with Crippen molar-refractivity contribution in [2.45, 2.75) is 24.7 Å². The zero-order valence-electron chi connectivity index (χ0n) is 14.8. The summed E-state index contributed by atoms with van der Waals surface area (Å²) < 4.78 is 33.8. The average Bonchev–Trinajstić information content (AvgIpc) is 2.66. The van der Waals surface area contributed by atoms with Gasteiger partial charge in [0.2, 0.25) is 5.91 Å². The monoisotopic (exact) mass is 406 g/mol. The minimum atomic E-state index is -3.86. The zero-order chi connectivity index (χ0) is 19.2. The molecule has 0 saturated carbocycles. The number of rotatable bonds is 2. The van der Waals surface area contributed by atoms with Crippen LogP contribution in [0.25, 0.3) is 0 Å². The number of fused-ring (bicyclic) bond motifs is 2. The number of ether oxygens (including phenoxy) is 1. The van der Waals surface area contributed by atoms with Gasteiger partial charge in [-0.2, -0.15) is 0 Å². The Kier molecular flexibility index (Phi) is 4.52. The maximum Gasteiger partial charge on any atom is 0.265 e. The average molecular weight is 407 g/mol. The molecule has 27 heavy (non-hydrogen) atoms. The number of hydrogen-bond acceptors (Lipinski definition) is 4. The van der Waals surface area contributed by atoms with E-state index >= 15 is 0 Å². The first-order valence-corrected chi connectivity index (χ1v) is 10.6. The van der Waals surface area contributed by atoms with Crippen LogP contribution >= 0.6 is 11.6 Å². The minimum Gasteiger partial charge on any atom is -0.489 e. The number of hydrogen-bond donors (Lipinski definition) is 0. The summed E-state index contributed by atoms with van der Waals surface area (Å²) in [5, 5.41) is 0.0774. The van der Waals surface area contributed by atoms with E-state index in [0.29, 0.717) is 36.8 Å². The fraction of sp³-hybridized carbons (Fsp3) is 0.316. The lowest BCUT2D eigenvalue weighted by Crippen LogP contribution is -2.37. The number of aryl methyl sites for hydroxylation is 1. The SMILES string of the molecule is CC(=O)N1CCOc2cc(S(=O)(=O)N3CCCc4ccccc43)c(Cl)cc21. The zero-order valence-corrected chi connectivity index (χ0v) is 16.4. The Morgan fingerprint density at radius 3 is 2.70 bits per heavy atom. The van der Waals surface area contributed by atoms with Crippen LogP contribution in [0.3, 0.4) is 0 Å². The molecule has 0 atom stereocenters. The topological polar surface area (TPSA) is 66.9 Å². The molecule has 2 aliphatic heterocycles. The Bertz CT molecular complexity index is 1020. The lowest BCUT2D eigenvalue weighted by atomic mass is 10.0. The highest BCUT2D eigenvalue weighted by atomic mass is 35.5. The van der Waals surface area contributed by atoms with Crippen LogP contribution in [0.2, 0.25) is 5.02 Å². The molecule has 2 heterocycles. The fourth-order valence-corrected chi connectivity index (χ4v) is 5.67. The van der Waals surface area contributed by atoms with Crippen molar-refractivity contribution in [1.29, 1.82) is 0 Å². The molecule has 0 N–H and O–H groups in total. The molecule has 6 nitrogen and oxygen atoms in total. The molecule has 0 fully saturated rings. The predicted octanol–water partition coefficient (Wildman–Crippen LogP) is 3.23. The predicted molar refractivity (Wildman–Crippen MR) is 104 cm³/mol. The van der Waals surface area contributed by atoms with E-state index in [1.54, 1.807) is 0 Å². The number of nitrogens with zero attached hydrogens (tertiary/aromatic N) is 2. The number of sulfonamides is 1. The lowest BCUT2D eigenvalue weighted by molar-refractivity contribution is -0.116. The molecule has 0 spiro atoms. The third-order valence-corrected chi connectivity index (χ3v) is 7.17. The van der Waals surface area contributed by atoms with Gasteiger partial charge in [0.1, 0.15) is 17.3 Å². The minimum absolute atomic E-state index is 0.00924. The summed E-state index contributed by atoms with van der Waals surface area (Å²) in [6, 6.07) is 10.4. The van der Waals surface area contributed by atoms with Crippen LogP contribution in [0.15, 0.2) is 41.3 Å². The second-order valence-electron chi connectivity index (χ2n) is 6.58. The summed E-state index contributed by atoms with van der Waals surface area (Å²) in [6.45, 7) is 2.57. The van der Waals surface area contributed by atoms with E-state index in [-0.39, 0.29) is 15.8 Å². The van der Waals surface area contributed by atoms with Crippen LogP contribution in [-0.4, -0.2) is 34.0 Å². The van der Waals surface area contributed by atoms with E-state index in [0.717, 1.165) is 18.4 Å². The van der Waals surface area contributed by atoms with Gasteiger partial charge in [-0.25, -0.2) is 8.42 Å². The van der Waals surface area contributed by atoms with Crippen LogP contribution in [0.1, 0.15) is 18.9 Å². The van der Waals surface area contributed by atoms with Gasteiger partial charge in [0.05, 0.1) is 22.9 Å². The van der Waals surface area contributed by atoms with Gasteiger partial charge in [-0.1, -0.05) is 29.8 Å². The Morgan fingerprint density at radius 2 is 1.93 bits per heavy atom. The van der Waals surface area contributed by atoms with Gasteiger partial charge in [0.25, 0.3) is 10.0 Å². The van der Waals surface area contributed by atoms with Crippen LogP contribution in [0, 0.1) is 0 Å². The summed E-state index contributed by atoms with van der Waals surface area (Å²) in [6.07, 6.45) is 1.59. The fourth-order valence-electron chi connectivity index (χ4n) is 3.61. The number of amides is 1. The van der Waals surface area contributed by atoms with Crippen LogP contribution < -0.4 is 13.9 Å². The molecule has 0 bridgehead atoms. The van der Waals surface area contributed by atoms with E-state index < -0.39 is 10.0 Å². The highest BCUT2D eigenvalue weighted by molar-refractivity contribution is 7.93. The van der Waals surface area contributed by atoms with Crippen molar-refractivity contribution in [2.24, 2.45) is 0 Å². The van der Waals surface area contributed by atoms with Gasteiger partial charge in [0.15, 0.2) is 0 Å². The van der Waals surface area contributed by atoms with Gasteiger partial charge in [-0.3, -0.25) is 9.10 Å². The number of anilines is 2. The van der Waals surface area contributed by atoms with Gasteiger partial charge in [-0.15, -0.1) is 0 Å². The van der Waals surface area contributed by atoms with Crippen molar-refractivity contribution in [3.8, 4) is 5.75 Å². The molecule has 2 aromatic carbocycles. The summed E-state index contributed by atoms with van der Waals surface area (Å²) in [7, 11) is -3.86. The van der Waals surface area contributed by atoms with E-state index in [4.69, 9.17) is 16.3 Å². The van der Waals surface area contributed by atoms with Crippen molar-refractivity contribution in [2.75, 3.05) is 28.9 Å². The molecule has 8 heteroatoms. The summed E-state index contributed by atoms with van der Waals surface area (Å²) in [5.74, 6) is 0.209. The summed E-state index contributed by atoms with van der Waals surface area (Å²) >= 11 is 6.36. The Balaban J connectivity index is 1.81. The smallest absolute Gasteiger partial charge is 0.265 e. The molecule has 1 amide bonds. The first-order valence-electron chi connectivity index (χ1n) is 8.74. The van der Waals surface area contributed by atoms with Crippen molar-refractivity contribution in [3.05, 3.63) is 47.0 Å². The van der Waals surface area contributed by atoms with Crippen LogP contribution in [0.5, 0.6) is 5.75 Å². The maximum atomic E-state index is 13.4. The normalized spacial score (nSPS) is 16.4. The number of benzene rings is 2. The third-order valence-electron chi connectivity index (χ3n) is 4.89. The van der Waals surface area contributed by atoms with Gasteiger partial charge in [0, 0.05) is 19.5 Å². The van der Waals surface area contributed by atoms with Crippen molar-refractivity contribution in [1.82, 2.24) is 0 Å². The number of para-hydroxylation sites is 1. The first kappa shape index (κ1) is 18.1. The molecule has 0 aliphatic carbocycles. The van der Waals surface area contributed by atoms with Crippen molar-refractivity contribution < 1.29 is 17.9 Å². The summed E-state index contributed by atoms with van der Waals surface area (Å²) in [4.78, 5) is 13.4. The number of carbonyl (C=O) groups excluding carboxylic acids is 1. The first-order chi connectivity index (χ1) is 12.9. The third kappa shape index (κ3) is 3.04. The van der Waals surface area contributed by atoms with Crippen LogP contribution in [-0.2, 0) is 21.2 Å². The van der Waals surface area contributed by atoms with Crippen molar-refractivity contribution >= 4 is 38.9 Å². The Hall–Kier alpha value is -2.25. The molecule has 4 rings (SSSR count). The second kappa shape index (κ2) is 6.73. The second-order valence-corrected chi connectivity index (χ2v) is 8.82. The molecule has 2 aliphatic rings. The largest absolute Gasteiger partial charge is 0.489 e. The Labute approximate surface area is 163 Å². The lowest BCUT2D eigenvalue weighted by Gasteiger charge is -2.32.